The van der Waals surface area contributed by atoms with Gasteiger partial charge in [-0.3, -0.25) is 0 Å². The van der Waals surface area contributed by atoms with Gasteiger partial charge >= 0.3 is 0 Å². The van der Waals surface area contributed by atoms with Crippen LogP contribution in [0.3, 0.4) is 0 Å². The Morgan fingerprint density at radius 2 is 2.10 bits per heavy atom. The second-order valence-electron chi connectivity index (χ2n) is 6.70. The maximum Gasteiger partial charge on any atom is 0.123 e. The minimum absolute atomic E-state index is 0.260. The lowest BCUT2D eigenvalue weighted by Crippen LogP contribution is -2.38. The zero-order chi connectivity index (χ0) is 14.0. The summed E-state index contributed by atoms with van der Waals surface area (Å²) >= 11 is 6.02. The normalized spacial score (nSPS) is 24.2. The van der Waals surface area contributed by atoms with Crippen molar-refractivity contribution in [3.05, 3.63) is 28.8 Å². The van der Waals surface area contributed by atoms with E-state index in [9.17, 15) is 0 Å². The van der Waals surface area contributed by atoms with E-state index < -0.39 is 0 Å². The van der Waals surface area contributed by atoms with Gasteiger partial charge in [0, 0.05) is 24.5 Å². The highest BCUT2D eigenvalue weighted by Gasteiger charge is 2.28. The van der Waals surface area contributed by atoms with Crippen LogP contribution in [0.25, 0.3) is 0 Å². The molecular weight excluding hydrogens is 270 g/mol. The fourth-order valence-electron chi connectivity index (χ4n) is 3.52. The zero-order valence-electron chi connectivity index (χ0n) is 12.3. The molecule has 1 heterocycles. The topological polar surface area (TPSA) is 21.3 Å². The Bertz CT molecular complexity index is 468. The summed E-state index contributed by atoms with van der Waals surface area (Å²) in [6.45, 7) is 4.47. The number of halogens is 1. The fraction of sp³-hybridized carbons (Fsp3) is 0.647. The first-order chi connectivity index (χ1) is 9.65. The van der Waals surface area contributed by atoms with Gasteiger partial charge in [0.25, 0.3) is 0 Å². The smallest absolute Gasteiger partial charge is 0.123 e. The average molecular weight is 294 g/mol. The Kier molecular flexibility index (Phi) is 4.23. The first-order valence-corrected chi connectivity index (χ1v) is 8.18. The van der Waals surface area contributed by atoms with E-state index in [1.165, 1.54) is 37.7 Å². The molecule has 1 aromatic rings. The minimum Gasteiger partial charge on any atom is -0.488 e. The van der Waals surface area contributed by atoms with Gasteiger partial charge in [-0.15, -0.1) is 0 Å². The third-order valence-electron chi connectivity index (χ3n) is 4.75. The summed E-state index contributed by atoms with van der Waals surface area (Å²) in [4.78, 5) is 0. The Morgan fingerprint density at radius 3 is 2.90 bits per heavy atom. The molecule has 2 nitrogen and oxygen atoms in total. The molecule has 3 heteroatoms. The van der Waals surface area contributed by atoms with Crippen molar-refractivity contribution >= 4 is 11.6 Å². The summed E-state index contributed by atoms with van der Waals surface area (Å²) in [6.07, 6.45) is 8.15. The molecule has 0 radical (unpaired) electrons. The van der Waals surface area contributed by atoms with Crippen LogP contribution in [0.4, 0.5) is 0 Å². The van der Waals surface area contributed by atoms with Crippen LogP contribution in [0.1, 0.15) is 44.6 Å². The molecule has 20 heavy (non-hydrogen) atoms. The number of nitrogens with one attached hydrogen (secondary N) is 1. The van der Waals surface area contributed by atoms with Crippen molar-refractivity contribution in [1.82, 2.24) is 5.32 Å². The standard InChI is InChI=1S/C17H24ClNO/c1-17(7-3-2-4-8-17)12-19-11-15-10-13-9-14(18)5-6-16(13)20-15/h5-6,9,15,19H,2-4,7-8,10-12H2,1H3. The molecule has 1 aromatic carbocycles. The van der Waals surface area contributed by atoms with Crippen molar-refractivity contribution in [2.45, 2.75) is 51.6 Å². The van der Waals surface area contributed by atoms with E-state index >= 15 is 0 Å². The van der Waals surface area contributed by atoms with Crippen molar-refractivity contribution in [2.24, 2.45) is 5.41 Å². The van der Waals surface area contributed by atoms with Crippen LogP contribution in [0.15, 0.2) is 18.2 Å². The molecule has 3 rings (SSSR count). The Morgan fingerprint density at radius 1 is 1.30 bits per heavy atom. The molecule has 0 spiro atoms. The highest BCUT2D eigenvalue weighted by molar-refractivity contribution is 6.30. The molecule has 1 saturated carbocycles. The van der Waals surface area contributed by atoms with Crippen LogP contribution in [-0.4, -0.2) is 19.2 Å². The lowest BCUT2D eigenvalue weighted by atomic mass is 9.76. The molecule has 0 amide bonds. The first kappa shape index (κ1) is 14.2. The van der Waals surface area contributed by atoms with Gasteiger partial charge in [0.2, 0.25) is 0 Å². The largest absolute Gasteiger partial charge is 0.488 e. The van der Waals surface area contributed by atoms with Crippen molar-refractivity contribution < 1.29 is 4.74 Å². The molecule has 1 aliphatic carbocycles. The Labute approximate surface area is 126 Å². The fourth-order valence-corrected chi connectivity index (χ4v) is 3.71. The summed E-state index contributed by atoms with van der Waals surface area (Å²) < 4.78 is 5.96. The number of rotatable bonds is 4. The quantitative estimate of drug-likeness (QED) is 0.898. The highest BCUT2D eigenvalue weighted by atomic mass is 35.5. The van der Waals surface area contributed by atoms with E-state index in [-0.39, 0.29) is 6.10 Å². The molecular formula is C17H24ClNO. The van der Waals surface area contributed by atoms with Crippen molar-refractivity contribution in [3.63, 3.8) is 0 Å². The van der Waals surface area contributed by atoms with Gasteiger partial charge in [-0.05, 0) is 42.0 Å². The lowest BCUT2D eigenvalue weighted by molar-refractivity contribution is 0.184. The van der Waals surface area contributed by atoms with Gasteiger partial charge in [0.15, 0.2) is 0 Å². The van der Waals surface area contributed by atoms with Crippen molar-refractivity contribution in [2.75, 3.05) is 13.1 Å². The maximum atomic E-state index is 6.02. The molecule has 1 unspecified atom stereocenters. The van der Waals surface area contributed by atoms with Crippen LogP contribution in [0.5, 0.6) is 5.75 Å². The Balaban J connectivity index is 1.46. The van der Waals surface area contributed by atoms with Gasteiger partial charge in [0.1, 0.15) is 11.9 Å². The summed E-state index contributed by atoms with van der Waals surface area (Å²) in [5, 5.41) is 4.43. The predicted octanol–water partition coefficient (Wildman–Crippen LogP) is 4.20. The van der Waals surface area contributed by atoms with Gasteiger partial charge < -0.3 is 10.1 Å². The second-order valence-corrected chi connectivity index (χ2v) is 7.13. The van der Waals surface area contributed by atoms with E-state index in [1.807, 2.05) is 18.2 Å². The summed E-state index contributed by atoms with van der Waals surface area (Å²) in [5.74, 6) is 1.00. The summed E-state index contributed by atoms with van der Waals surface area (Å²) in [5.41, 5.74) is 1.74. The molecule has 110 valence electrons. The summed E-state index contributed by atoms with van der Waals surface area (Å²) in [7, 11) is 0. The number of benzene rings is 1. The van der Waals surface area contributed by atoms with E-state index in [2.05, 4.69) is 12.2 Å². The molecule has 2 aliphatic rings. The van der Waals surface area contributed by atoms with Crippen molar-refractivity contribution in [1.29, 1.82) is 0 Å². The highest BCUT2D eigenvalue weighted by Crippen LogP contribution is 2.35. The molecule has 0 bridgehead atoms. The van der Waals surface area contributed by atoms with Gasteiger partial charge in [-0.1, -0.05) is 37.8 Å². The third kappa shape index (κ3) is 3.29. The Hall–Kier alpha value is -0.730. The first-order valence-electron chi connectivity index (χ1n) is 7.80. The van der Waals surface area contributed by atoms with Crippen LogP contribution in [0, 0.1) is 5.41 Å². The zero-order valence-corrected chi connectivity index (χ0v) is 13.0. The van der Waals surface area contributed by atoms with Gasteiger partial charge in [-0.2, -0.15) is 0 Å². The minimum atomic E-state index is 0.260. The van der Waals surface area contributed by atoms with Crippen LogP contribution in [0.2, 0.25) is 5.02 Å². The number of hydrogen-bond donors (Lipinski definition) is 1. The molecule has 0 aromatic heterocycles. The van der Waals surface area contributed by atoms with Crippen LogP contribution < -0.4 is 10.1 Å². The molecule has 1 atom stereocenters. The number of hydrogen-bond acceptors (Lipinski definition) is 2. The van der Waals surface area contributed by atoms with E-state index in [4.69, 9.17) is 16.3 Å². The molecule has 1 N–H and O–H groups in total. The second kappa shape index (κ2) is 5.95. The third-order valence-corrected chi connectivity index (χ3v) is 4.98. The SMILES string of the molecule is CC1(CNCC2Cc3cc(Cl)ccc3O2)CCCCC1. The average Bonchev–Trinajstić information content (AvgIpc) is 2.81. The van der Waals surface area contributed by atoms with E-state index in [0.717, 1.165) is 30.3 Å². The molecule has 1 fully saturated rings. The maximum absolute atomic E-state index is 6.02. The predicted molar refractivity (Wildman–Crippen MR) is 83.6 cm³/mol. The lowest BCUT2D eigenvalue weighted by Gasteiger charge is -2.34. The number of ether oxygens (including phenoxy) is 1. The van der Waals surface area contributed by atoms with Crippen LogP contribution in [-0.2, 0) is 6.42 Å². The molecule has 1 aliphatic heterocycles. The summed E-state index contributed by atoms with van der Waals surface area (Å²) in [6, 6.07) is 5.92. The van der Waals surface area contributed by atoms with E-state index in [1.54, 1.807) is 0 Å². The van der Waals surface area contributed by atoms with Crippen molar-refractivity contribution in [3.8, 4) is 5.75 Å². The van der Waals surface area contributed by atoms with E-state index in [0.29, 0.717) is 5.41 Å². The molecule has 0 saturated heterocycles. The van der Waals surface area contributed by atoms with Gasteiger partial charge in [-0.25, -0.2) is 0 Å². The van der Waals surface area contributed by atoms with Crippen LogP contribution >= 0.6 is 11.6 Å². The van der Waals surface area contributed by atoms with Gasteiger partial charge in [0.05, 0.1) is 0 Å². The monoisotopic (exact) mass is 293 g/mol. The number of fused-ring (bicyclic) bond motifs is 1.